The van der Waals surface area contributed by atoms with Crippen molar-refractivity contribution >= 4 is 15.7 Å². The summed E-state index contributed by atoms with van der Waals surface area (Å²) in [5.41, 5.74) is 1.73. The van der Waals surface area contributed by atoms with Crippen molar-refractivity contribution in [2.45, 2.75) is 11.4 Å². The SMILES string of the molecule is COc1cccc(Oc2ccc(N(Cc3ccccc3)S(=O)(=O)c3ccc(C#N)cc3)cc2)c1. The Morgan fingerprint density at radius 2 is 1.47 bits per heavy atom. The van der Waals surface area contributed by atoms with Gasteiger partial charge in [-0.1, -0.05) is 36.4 Å². The third kappa shape index (κ3) is 5.20. The maximum Gasteiger partial charge on any atom is 0.264 e. The van der Waals surface area contributed by atoms with E-state index in [4.69, 9.17) is 14.7 Å². The molecule has 0 aliphatic carbocycles. The molecular weight excluding hydrogens is 448 g/mol. The van der Waals surface area contributed by atoms with Crippen molar-refractivity contribution in [2.75, 3.05) is 11.4 Å². The van der Waals surface area contributed by atoms with Gasteiger partial charge in [0.1, 0.15) is 17.2 Å². The van der Waals surface area contributed by atoms with Crippen LogP contribution in [0.1, 0.15) is 11.1 Å². The maximum absolute atomic E-state index is 13.6. The number of benzene rings is 4. The van der Waals surface area contributed by atoms with Crippen LogP contribution in [-0.4, -0.2) is 15.5 Å². The van der Waals surface area contributed by atoms with Gasteiger partial charge in [0.05, 0.1) is 35.9 Å². The van der Waals surface area contributed by atoms with Crippen molar-refractivity contribution in [3.63, 3.8) is 0 Å². The lowest BCUT2D eigenvalue weighted by Crippen LogP contribution is -2.30. The summed E-state index contributed by atoms with van der Waals surface area (Å²) < 4.78 is 39.6. The summed E-state index contributed by atoms with van der Waals surface area (Å²) in [6.07, 6.45) is 0. The standard InChI is InChI=1S/C27H22N2O4S/c1-32-25-8-5-9-26(18-25)33-24-14-12-23(13-15-24)29(20-22-6-3-2-4-7-22)34(30,31)27-16-10-21(19-28)11-17-27/h2-18H,20H2,1H3. The Kier molecular flexibility index (Phi) is 6.81. The lowest BCUT2D eigenvalue weighted by molar-refractivity contribution is 0.409. The van der Waals surface area contributed by atoms with E-state index in [1.807, 2.05) is 54.6 Å². The van der Waals surface area contributed by atoms with Crippen molar-refractivity contribution in [1.29, 1.82) is 5.26 Å². The van der Waals surface area contributed by atoms with Crippen molar-refractivity contribution in [3.8, 4) is 23.3 Å². The van der Waals surface area contributed by atoms with Gasteiger partial charge in [0.15, 0.2) is 0 Å². The Balaban J connectivity index is 1.66. The first-order valence-electron chi connectivity index (χ1n) is 10.5. The van der Waals surface area contributed by atoms with Gasteiger partial charge in [-0.3, -0.25) is 4.31 Å². The van der Waals surface area contributed by atoms with E-state index in [-0.39, 0.29) is 11.4 Å². The molecule has 0 aliphatic heterocycles. The van der Waals surface area contributed by atoms with Crippen LogP contribution >= 0.6 is 0 Å². The van der Waals surface area contributed by atoms with Gasteiger partial charge in [-0.05, 0) is 66.2 Å². The number of hydrogen-bond donors (Lipinski definition) is 0. The fourth-order valence-electron chi connectivity index (χ4n) is 3.37. The topological polar surface area (TPSA) is 79.6 Å². The van der Waals surface area contributed by atoms with E-state index in [1.165, 1.54) is 28.6 Å². The predicted molar refractivity (Wildman–Crippen MR) is 130 cm³/mol. The Bertz CT molecular complexity index is 1400. The van der Waals surface area contributed by atoms with Crippen LogP contribution in [0.5, 0.6) is 17.2 Å². The summed E-state index contributed by atoms with van der Waals surface area (Å²) in [4.78, 5) is 0.110. The van der Waals surface area contributed by atoms with Gasteiger partial charge < -0.3 is 9.47 Å². The highest BCUT2D eigenvalue weighted by molar-refractivity contribution is 7.92. The van der Waals surface area contributed by atoms with Crippen LogP contribution < -0.4 is 13.8 Å². The third-order valence-electron chi connectivity index (χ3n) is 5.14. The van der Waals surface area contributed by atoms with Crippen LogP contribution in [0.15, 0.2) is 108 Å². The van der Waals surface area contributed by atoms with Gasteiger partial charge in [0.2, 0.25) is 0 Å². The fourth-order valence-corrected chi connectivity index (χ4v) is 4.83. The first kappa shape index (κ1) is 22.9. The summed E-state index contributed by atoms with van der Waals surface area (Å²) in [5, 5.41) is 9.05. The molecule has 0 radical (unpaired) electrons. The maximum atomic E-state index is 13.6. The molecule has 0 unspecified atom stereocenters. The minimum Gasteiger partial charge on any atom is -0.497 e. The molecule has 7 heteroatoms. The number of nitrogens with zero attached hydrogens (tertiary/aromatic N) is 2. The minimum absolute atomic E-state index is 0.110. The number of ether oxygens (including phenoxy) is 2. The molecule has 0 aliphatic rings. The molecule has 6 nitrogen and oxygen atoms in total. The zero-order valence-corrected chi connectivity index (χ0v) is 19.3. The van der Waals surface area contributed by atoms with Crippen LogP contribution in [0.25, 0.3) is 0 Å². The van der Waals surface area contributed by atoms with Gasteiger partial charge >= 0.3 is 0 Å². The van der Waals surface area contributed by atoms with E-state index in [2.05, 4.69) is 0 Å². The van der Waals surface area contributed by atoms with Gasteiger partial charge in [0.25, 0.3) is 10.0 Å². The third-order valence-corrected chi connectivity index (χ3v) is 6.93. The highest BCUT2D eigenvalue weighted by Crippen LogP contribution is 2.30. The smallest absolute Gasteiger partial charge is 0.264 e. The molecule has 0 saturated heterocycles. The molecule has 4 aromatic rings. The second kappa shape index (κ2) is 10.1. The lowest BCUT2D eigenvalue weighted by Gasteiger charge is -2.25. The fraction of sp³-hybridized carbons (Fsp3) is 0.0741. The molecular formula is C27H22N2O4S. The highest BCUT2D eigenvalue weighted by atomic mass is 32.2. The lowest BCUT2D eigenvalue weighted by atomic mass is 10.2. The van der Waals surface area contributed by atoms with E-state index < -0.39 is 10.0 Å². The first-order chi connectivity index (χ1) is 16.5. The quantitative estimate of drug-likeness (QED) is 0.327. The number of methoxy groups -OCH3 is 1. The van der Waals surface area contributed by atoms with Gasteiger partial charge in [-0.15, -0.1) is 0 Å². The Hall–Kier alpha value is -4.28. The molecule has 0 aromatic heterocycles. The predicted octanol–water partition coefficient (Wildman–Crippen LogP) is 5.75. The average molecular weight is 471 g/mol. The van der Waals surface area contributed by atoms with Gasteiger partial charge in [-0.25, -0.2) is 8.42 Å². The van der Waals surface area contributed by atoms with Crippen molar-refractivity contribution < 1.29 is 17.9 Å². The van der Waals surface area contributed by atoms with E-state index in [9.17, 15) is 8.42 Å². The van der Waals surface area contributed by atoms with Crippen LogP contribution in [-0.2, 0) is 16.6 Å². The molecule has 0 N–H and O–H groups in total. The second-order valence-electron chi connectivity index (χ2n) is 7.41. The van der Waals surface area contributed by atoms with Crippen molar-refractivity contribution in [2.24, 2.45) is 0 Å². The summed E-state index contributed by atoms with van der Waals surface area (Å²) >= 11 is 0. The Morgan fingerprint density at radius 1 is 0.794 bits per heavy atom. The van der Waals surface area contributed by atoms with Crippen LogP contribution in [0.4, 0.5) is 5.69 Å². The highest BCUT2D eigenvalue weighted by Gasteiger charge is 2.25. The monoisotopic (exact) mass is 470 g/mol. The van der Waals surface area contributed by atoms with E-state index >= 15 is 0 Å². The van der Waals surface area contributed by atoms with Gasteiger partial charge in [-0.2, -0.15) is 5.26 Å². The summed E-state index contributed by atoms with van der Waals surface area (Å²) in [7, 11) is -2.30. The summed E-state index contributed by atoms with van der Waals surface area (Å²) in [6.45, 7) is 0.152. The van der Waals surface area contributed by atoms with Crippen LogP contribution in [0.2, 0.25) is 0 Å². The molecule has 4 rings (SSSR count). The van der Waals surface area contributed by atoms with E-state index in [0.29, 0.717) is 28.5 Å². The van der Waals surface area contributed by atoms with Crippen LogP contribution in [0, 0.1) is 11.3 Å². The largest absolute Gasteiger partial charge is 0.497 e. The molecule has 4 aromatic carbocycles. The molecule has 0 fully saturated rings. The summed E-state index contributed by atoms with van der Waals surface area (Å²) in [5.74, 6) is 1.85. The molecule has 0 spiro atoms. The van der Waals surface area contributed by atoms with E-state index in [1.54, 1.807) is 37.4 Å². The molecule has 0 heterocycles. The number of rotatable bonds is 8. The molecule has 0 saturated carbocycles. The second-order valence-corrected chi connectivity index (χ2v) is 9.27. The minimum atomic E-state index is -3.89. The number of hydrogen-bond acceptors (Lipinski definition) is 5. The number of anilines is 1. The van der Waals surface area contributed by atoms with Crippen LogP contribution in [0.3, 0.4) is 0 Å². The van der Waals surface area contributed by atoms with Crippen molar-refractivity contribution in [3.05, 3.63) is 114 Å². The molecule has 34 heavy (non-hydrogen) atoms. The zero-order valence-electron chi connectivity index (χ0n) is 18.5. The molecule has 0 bridgehead atoms. The molecule has 0 atom stereocenters. The summed E-state index contributed by atoms with van der Waals surface area (Å²) in [6, 6.07) is 31.4. The molecule has 170 valence electrons. The number of nitriles is 1. The van der Waals surface area contributed by atoms with Gasteiger partial charge in [0, 0.05) is 6.07 Å². The number of sulfonamides is 1. The van der Waals surface area contributed by atoms with E-state index in [0.717, 1.165) is 5.56 Å². The first-order valence-corrected chi connectivity index (χ1v) is 11.9. The normalized spacial score (nSPS) is 10.8. The zero-order chi connectivity index (χ0) is 24.0. The Morgan fingerprint density at radius 3 is 2.12 bits per heavy atom. The van der Waals surface area contributed by atoms with Crippen molar-refractivity contribution in [1.82, 2.24) is 0 Å². The molecule has 0 amide bonds. The Labute approximate surface area is 199 Å². The average Bonchev–Trinajstić information content (AvgIpc) is 2.88.